The van der Waals surface area contributed by atoms with Crippen molar-refractivity contribution < 1.29 is 0 Å². The number of anilines is 1. The molecule has 86 valence electrons. The first-order chi connectivity index (χ1) is 7.83. The molecule has 2 fully saturated rings. The topological polar surface area (TPSA) is 42.1 Å². The molecule has 1 aliphatic heterocycles. The lowest BCUT2D eigenvalue weighted by atomic mass is 10.0. The summed E-state index contributed by atoms with van der Waals surface area (Å²) in [6.07, 6.45) is 6.07. The molecule has 0 amide bonds. The molecule has 2 N–H and O–H groups in total. The molecular weight excluding hydrogens is 198 g/mol. The predicted molar refractivity (Wildman–Crippen MR) is 64.8 cm³/mol. The zero-order valence-electron chi connectivity index (χ0n) is 9.60. The molecule has 3 rings (SSSR count). The monoisotopic (exact) mass is 217 g/mol. The Morgan fingerprint density at radius 2 is 2.06 bits per heavy atom. The van der Waals surface area contributed by atoms with Crippen LogP contribution in [0.4, 0.5) is 5.82 Å². The van der Waals surface area contributed by atoms with Gasteiger partial charge in [0, 0.05) is 31.4 Å². The molecule has 1 aromatic rings. The minimum absolute atomic E-state index is 0.694. The molecule has 2 unspecified atom stereocenters. The highest BCUT2D eigenvalue weighted by molar-refractivity contribution is 5.38. The summed E-state index contributed by atoms with van der Waals surface area (Å²) in [6.45, 7) is 3.50. The van der Waals surface area contributed by atoms with Crippen molar-refractivity contribution in [1.82, 2.24) is 9.88 Å². The third-order valence-electron chi connectivity index (χ3n) is 4.12. The van der Waals surface area contributed by atoms with Gasteiger partial charge in [0.2, 0.25) is 0 Å². The van der Waals surface area contributed by atoms with Gasteiger partial charge in [-0.15, -0.1) is 0 Å². The second-order valence-electron chi connectivity index (χ2n) is 5.19. The smallest absolute Gasteiger partial charge is 0.127 e. The van der Waals surface area contributed by atoms with Gasteiger partial charge in [-0.3, -0.25) is 4.90 Å². The van der Waals surface area contributed by atoms with E-state index in [0.29, 0.717) is 5.82 Å². The van der Waals surface area contributed by atoms with E-state index in [1.807, 2.05) is 6.07 Å². The summed E-state index contributed by atoms with van der Waals surface area (Å²) in [5.74, 6) is 2.61. The normalized spacial score (nSPS) is 29.5. The number of pyridine rings is 1. The summed E-state index contributed by atoms with van der Waals surface area (Å²) >= 11 is 0. The third kappa shape index (κ3) is 1.80. The summed E-state index contributed by atoms with van der Waals surface area (Å²) in [6, 6.07) is 4.07. The van der Waals surface area contributed by atoms with Gasteiger partial charge in [-0.2, -0.15) is 0 Å². The van der Waals surface area contributed by atoms with Crippen molar-refractivity contribution in [3.8, 4) is 0 Å². The zero-order valence-corrected chi connectivity index (χ0v) is 9.60. The Labute approximate surface area is 96.7 Å². The Bertz CT molecular complexity index is 365. The predicted octanol–water partition coefficient (Wildman–Crippen LogP) is 1.90. The van der Waals surface area contributed by atoms with Crippen molar-refractivity contribution in [3.63, 3.8) is 0 Å². The van der Waals surface area contributed by atoms with Crippen LogP contribution in [0.15, 0.2) is 18.3 Å². The van der Waals surface area contributed by atoms with Crippen LogP contribution in [0, 0.1) is 11.8 Å². The molecule has 0 bridgehead atoms. The van der Waals surface area contributed by atoms with E-state index in [2.05, 4.69) is 16.0 Å². The molecule has 0 aromatic carbocycles. The number of hydrogen-bond donors (Lipinski definition) is 1. The van der Waals surface area contributed by atoms with Gasteiger partial charge in [-0.1, -0.05) is 12.5 Å². The molecule has 2 aliphatic rings. The van der Waals surface area contributed by atoms with Crippen LogP contribution in [0.5, 0.6) is 0 Å². The van der Waals surface area contributed by atoms with E-state index in [9.17, 15) is 0 Å². The molecule has 3 heteroatoms. The van der Waals surface area contributed by atoms with Crippen LogP contribution in [-0.2, 0) is 6.54 Å². The number of likely N-dealkylation sites (tertiary alicyclic amines) is 1. The van der Waals surface area contributed by atoms with Crippen LogP contribution in [-0.4, -0.2) is 23.0 Å². The molecule has 3 nitrogen and oxygen atoms in total. The van der Waals surface area contributed by atoms with Gasteiger partial charge >= 0.3 is 0 Å². The average Bonchev–Trinajstić information content (AvgIpc) is 2.81. The molecule has 1 aromatic heterocycles. The molecule has 2 heterocycles. The Balaban J connectivity index is 1.66. The van der Waals surface area contributed by atoms with E-state index in [-0.39, 0.29) is 0 Å². The molecule has 1 saturated heterocycles. The van der Waals surface area contributed by atoms with Crippen molar-refractivity contribution in [2.75, 3.05) is 18.8 Å². The summed E-state index contributed by atoms with van der Waals surface area (Å²) in [5, 5.41) is 0. The third-order valence-corrected chi connectivity index (χ3v) is 4.12. The lowest BCUT2D eigenvalue weighted by molar-refractivity contribution is 0.304. The van der Waals surface area contributed by atoms with Gasteiger partial charge in [0.1, 0.15) is 5.82 Å². The second-order valence-corrected chi connectivity index (χ2v) is 5.19. The summed E-state index contributed by atoms with van der Waals surface area (Å²) < 4.78 is 0. The van der Waals surface area contributed by atoms with Crippen molar-refractivity contribution in [1.29, 1.82) is 0 Å². The Kier molecular flexibility index (Phi) is 2.56. The second kappa shape index (κ2) is 4.06. The maximum absolute atomic E-state index is 5.88. The maximum atomic E-state index is 5.88. The lowest BCUT2D eigenvalue weighted by Crippen LogP contribution is -2.21. The van der Waals surface area contributed by atoms with Crippen LogP contribution in [0.3, 0.4) is 0 Å². The van der Waals surface area contributed by atoms with Gasteiger partial charge in [-0.05, 0) is 30.7 Å². The van der Waals surface area contributed by atoms with E-state index in [1.165, 1.54) is 37.9 Å². The zero-order chi connectivity index (χ0) is 11.0. The van der Waals surface area contributed by atoms with Gasteiger partial charge in [0.05, 0.1) is 0 Å². The highest BCUT2D eigenvalue weighted by Crippen LogP contribution is 2.38. The van der Waals surface area contributed by atoms with Crippen molar-refractivity contribution in [2.45, 2.75) is 25.8 Å². The first-order valence-corrected chi connectivity index (χ1v) is 6.24. The number of aromatic nitrogens is 1. The van der Waals surface area contributed by atoms with E-state index >= 15 is 0 Å². The van der Waals surface area contributed by atoms with Gasteiger partial charge in [0.25, 0.3) is 0 Å². The minimum atomic E-state index is 0.694. The van der Waals surface area contributed by atoms with Crippen LogP contribution in [0.1, 0.15) is 24.8 Å². The number of nitrogens with two attached hydrogens (primary N) is 1. The van der Waals surface area contributed by atoms with E-state index in [1.54, 1.807) is 6.20 Å². The Morgan fingerprint density at radius 3 is 2.75 bits per heavy atom. The molecular formula is C13H19N3. The fourth-order valence-electron chi connectivity index (χ4n) is 3.29. The van der Waals surface area contributed by atoms with Gasteiger partial charge < -0.3 is 5.73 Å². The summed E-state index contributed by atoms with van der Waals surface area (Å²) in [7, 11) is 0. The van der Waals surface area contributed by atoms with Crippen LogP contribution < -0.4 is 5.73 Å². The molecule has 16 heavy (non-hydrogen) atoms. The lowest BCUT2D eigenvalue weighted by Gasteiger charge is -2.17. The number of nitrogen functional groups attached to an aromatic ring is 1. The largest absolute Gasteiger partial charge is 0.383 e. The maximum Gasteiger partial charge on any atom is 0.127 e. The molecule has 2 atom stereocenters. The van der Waals surface area contributed by atoms with E-state index < -0.39 is 0 Å². The molecule has 1 saturated carbocycles. The number of fused-ring (bicyclic) bond motifs is 1. The average molecular weight is 217 g/mol. The minimum Gasteiger partial charge on any atom is -0.383 e. The van der Waals surface area contributed by atoms with Crippen LogP contribution in [0.2, 0.25) is 0 Å². The summed E-state index contributed by atoms with van der Waals surface area (Å²) in [5.41, 5.74) is 7.06. The van der Waals surface area contributed by atoms with Crippen molar-refractivity contribution in [2.24, 2.45) is 11.8 Å². The van der Waals surface area contributed by atoms with Crippen LogP contribution in [0.25, 0.3) is 0 Å². The fourth-order valence-corrected chi connectivity index (χ4v) is 3.29. The number of nitrogens with zero attached hydrogens (tertiary/aromatic N) is 2. The number of rotatable bonds is 2. The number of hydrogen-bond acceptors (Lipinski definition) is 3. The first-order valence-electron chi connectivity index (χ1n) is 6.24. The molecule has 0 radical (unpaired) electrons. The van der Waals surface area contributed by atoms with E-state index in [0.717, 1.165) is 18.4 Å². The fraction of sp³-hybridized carbons (Fsp3) is 0.615. The highest BCUT2D eigenvalue weighted by Gasteiger charge is 2.35. The Morgan fingerprint density at radius 1 is 1.31 bits per heavy atom. The highest BCUT2D eigenvalue weighted by atomic mass is 15.2. The van der Waals surface area contributed by atoms with Gasteiger partial charge in [-0.25, -0.2) is 4.98 Å². The van der Waals surface area contributed by atoms with Crippen molar-refractivity contribution >= 4 is 5.82 Å². The standard InChI is InChI=1S/C13H19N3/c14-13-12(5-2-6-15-13)9-16-7-10-3-1-4-11(10)8-16/h2,5-6,10-11H,1,3-4,7-9H2,(H2,14,15). The van der Waals surface area contributed by atoms with E-state index in [4.69, 9.17) is 5.73 Å². The SMILES string of the molecule is Nc1ncccc1CN1CC2CCCC2C1. The Hall–Kier alpha value is -1.09. The first kappa shape index (κ1) is 10.1. The van der Waals surface area contributed by atoms with Crippen LogP contribution >= 0.6 is 0 Å². The summed E-state index contributed by atoms with van der Waals surface area (Å²) in [4.78, 5) is 6.69. The molecule has 1 aliphatic carbocycles. The van der Waals surface area contributed by atoms with Crippen molar-refractivity contribution in [3.05, 3.63) is 23.9 Å². The quantitative estimate of drug-likeness (QED) is 0.822. The molecule has 0 spiro atoms. The van der Waals surface area contributed by atoms with Gasteiger partial charge in [0.15, 0.2) is 0 Å².